The molecule has 0 amide bonds. The Kier molecular flexibility index (Phi) is 4.52. The molecule has 1 rings (SSSR count). The first kappa shape index (κ1) is 11.9. The lowest BCUT2D eigenvalue weighted by Crippen LogP contribution is -2.09. The number of hydrogen-bond donors (Lipinski definition) is 1. The number of hydrogen-bond acceptors (Lipinski definition) is 3. The molecule has 15 heavy (non-hydrogen) atoms. The van der Waals surface area contributed by atoms with Crippen molar-refractivity contribution in [3.8, 4) is 0 Å². The van der Waals surface area contributed by atoms with Crippen LogP contribution in [0.25, 0.3) is 0 Å². The zero-order chi connectivity index (χ0) is 11.3. The van der Waals surface area contributed by atoms with E-state index in [0.717, 1.165) is 6.07 Å². The number of halogens is 2. The third-order valence-electron chi connectivity index (χ3n) is 1.68. The first-order valence-electron chi connectivity index (χ1n) is 4.38. The average Bonchev–Trinajstić information content (AvgIpc) is 2.22. The van der Waals surface area contributed by atoms with Gasteiger partial charge < -0.3 is 9.84 Å². The average molecular weight is 233 g/mol. The molecule has 0 atom stereocenters. The number of rotatable bonds is 4. The highest BCUT2D eigenvalue weighted by Gasteiger charge is 2.13. The number of carbonyl (C=O) groups is 1. The first-order chi connectivity index (χ1) is 7.15. The standard InChI is InChI=1S/C10H10ClFO3/c11-7-2-3-9(12)8(6-7)10(14)15-5-1-4-13/h2-3,6,13H,1,4-5H2. The van der Waals surface area contributed by atoms with E-state index in [4.69, 9.17) is 21.4 Å². The van der Waals surface area contributed by atoms with Gasteiger partial charge in [-0.1, -0.05) is 11.6 Å². The highest BCUT2D eigenvalue weighted by molar-refractivity contribution is 6.30. The Morgan fingerprint density at radius 1 is 1.53 bits per heavy atom. The Morgan fingerprint density at radius 2 is 2.27 bits per heavy atom. The van der Waals surface area contributed by atoms with Crippen molar-refractivity contribution in [2.75, 3.05) is 13.2 Å². The van der Waals surface area contributed by atoms with Crippen LogP contribution in [0.5, 0.6) is 0 Å². The molecule has 0 aliphatic carbocycles. The van der Waals surface area contributed by atoms with Gasteiger partial charge in [-0.2, -0.15) is 0 Å². The molecule has 82 valence electrons. The molecule has 1 N–H and O–H groups in total. The maximum Gasteiger partial charge on any atom is 0.341 e. The number of benzene rings is 1. The molecule has 0 unspecified atom stereocenters. The van der Waals surface area contributed by atoms with Crippen LogP contribution in [-0.4, -0.2) is 24.3 Å². The van der Waals surface area contributed by atoms with Crippen LogP contribution in [0.15, 0.2) is 18.2 Å². The van der Waals surface area contributed by atoms with Crippen molar-refractivity contribution < 1.29 is 19.0 Å². The van der Waals surface area contributed by atoms with E-state index in [9.17, 15) is 9.18 Å². The van der Waals surface area contributed by atoms with E-state index in [1.165, 1.54) is 12.1 Å². The van der Waals surface area contributed by atoms with E-state index in [-0.39, 0.29) is 23.8 Å². The molecule has 0 aliphatic heterocycles. The Hall–Kier alpha value is -1.13. The fraction of sp³-hybridized carbons (Fsp3) is 0.300. The summed E-state index contributed by atoms with van der Waals surface area (Å²) in [5.74, 6) is -1.45. The molecule has 0 aromatic heterocycles. The largest absolute Gasteiger partial charge is 0.462 e. The molecule has 0 bridgehead atoms. The smallest absolute Gasteiger partial charge is 0.341 e. The molecular weight excluding hydrogens is 223 g/mol. The van der Waals surface area contributed by atoms with Crippen molar-refractivity contribution in [3.05, 3.63) is 34.6 Å². The van der Waals surface area contributed by atoms with Crippen LogP contribution < -0.4 is 0 Å². The van der Waals surface area contributed by atoms with Gasteiger partial charge in [0.25, 0.3) is 0 Å². The topological polar surface area (TPSA) is 46.5 Å². The van der Waals surface area contributed by atoms with Crippen LogP contribution in [0, 0.1) is 5.82 Å². The lowest BCUT2D eigenvalue weighted by Gasteiger charge is -2.04. The minimum absolute atomic E-state index is 0.0568. The molecular formula is C10H10ClFO3. The third-order valence-corrected chi connectivity index (χ3v) is 1.92. The molecule has 0 fully saturated rings. The second-order valence-corrected chi connectivity index (χ2v) is 3.27. The summed E-state index contributed by atoms with van der Waals surface area (Å²) in [5, 5.41) is 8.73. The van der Waals surface area contributed by atoms with Gasteiger partial charge >= 0.3 is 5.97 Å². The Morgan fingerprint density at radius 3 is 2.93 bits per heavy atom. The van der Waals surface area contributed by atoms with Crippen LogP contribution in [-0.2, 0) is 4.74 Å². The summed E-state index contributed by atoms with van der Waals surface area (Å²) < 4.78 is 17.8. The number of esters is 1. The van der Waals surface area contributed by atoms with Crippen LogP contribution >= 0.6 is 11.6 Å². The summed E-state index contributed by atoms with van der Waals surface area (Å²) >= 11 is 5.61. The number of aliphatic hydroxyl groups is 1. The van der Waals surface area contributed by atoms with E-state index in [1.54, 1.807) is 0 Å². The molecule has 0 saturated heterocycles. The van der Waals surface area contributed by atoms with Gasteiger partial charge in [0, 0.05) is 18.1 Å². The quantitative estimate of drug-likeness (QED) is 0.638. The molecule has 1 aromatic rings. The first-order valence-corrected chi connectivity index (χ1v) is 4.76. The highest BCUT2D eigenvalue weighted by atomic mass is 35.5. The minimum atomic E-state index is -0.775. The van der Waals surface area contributed by atoms with Crippen molar-refractivity contribution in [3.63, 3.8) is 0 Å². The zero-order valence-corrected chi connectivity index (χ0v) is 8.63. The fourth-order valence-corrected chi connectivity index (χ4v) is 1.13. The van der Waals surface area contributed by atoms with Crippen LogP contribution in [0.1, 0.15) is 16.8 Å². The van der Waals surface area contributed by atoms with Crippen molar-refractivity contribution in [1.29, 1.82) is 0 Å². The van der Waals surface area contributed by atoms with Gasteiger partial charge in [-0.25, -0.2) is 9.18 Å². The summed E-state index contributed by atoms with van der Waals surface area (Å²) in [4.78, 5) is 11.3. The Labute approximate surface area is 91.4 Å². The molecule has 1 aromatic carbocycles. The molecule has 0 saturated carbocycles. The van der Waals surface area contributed by atoms with E-state index in [2.05, 4.69) is 0 Å². The van der Waals surface area contributed by atoms with Crippen LogP contribution in [0.3, 0.4) is 0 Å². The van der Waals surface area contributed by atoms with Crippen molar-refractivity contribution in [1.82, 2.24) is 0 Å². The zero-order valence-electron chi connectivity index (χ0n) is 7.87. The molecule has 0 radical (unpaired) electrons. The summed E-state index contributed by atoms with van der Waals surface area (Å²) in [5.41, 5.74) is -0.194. The Bertz CT molecular complexity index is 355. The van der Waals surface area contributed by atoms with Crippen molar-refractivity contribution in [2.45, 2.75) is 6.42 Å². The molecule has 0 aliphatic rings. The second kappa shape index (κ2) is 5.68. The number of aliphatic hydroxyl groups excluding tert-OH is 1. The van der Waals surface area contributed by atoms with Gasteiger partial charge in [-0.3, -0.25) is 0 Å². The summed E-state index contributed by atoms with van der Waals surface area (Å²) in [6.07, 6.45) is 0.327. The predicted octanol–water partition coefficient (Wildman–Crippen LogP) is 2.02. The summed E-state index contributed by atoms with van der Waals surface area (Å²) in [6.45, 7) is -0.0212. The Balaban J connectivity index is 2.68. The van der Waals surface area contributed by atoms with Crippen molar-refractivity contribution in [2.24, 2.45) is 0 Å². The predicted molar refractivity (Wildman–Crippen MR) is 53.4 cm³/mol. The third kappa shape index (κ3) is 3.49. The lowest BCUT2D eigenvalue weighted by atomic mass is 10.2. The van der Waals surface area contributed by atoms with Crippen molar-refractivity contribution >= 4 is 17.6 Å². The minimum Gasteiger partial charge on any atom is -0.462 e. The SMILES string of the molecule is O=C(OCCCO)c1cc(Cl)ccc1F. The molecule has 5 heteroatoms. The second-order valence-electron chi connectivity index (χ2n) is 2.84. The number of carbonyl (C=O) groups excluding carboxylic acids is 1. The van der Waals surface area contributed by atoms with Crippen LogP contribution in [0.2, 0.25) is 5.02 Å². The molecule has 0 spiro atoms. The summed E-state index contributed by atoms with van der Waals surface area (Å²) in [7, 11) is 0. The van der Waals surface area contributed by atoms with Gasteiger partial charge in [0.05, 0.1) is 12.2 Å². The van der Waals surface area contributed by atoms with E-state index >= 15 is 0 Å². The molecule has 3 nitrogen and oxygen atoms in total. The van der Waals surface area contributed by atoms with E-state index in [0.29, 0.717) is 6.42 Å². The highest BCUT2D eigenvalue weighted by Crippen LogP contribution is 2.15. The monoisotopic (exact) mass is 232 g/mol. The van der Waals surface area contributed by atoms with Gasteiger partial charge in [0.15, 0.2) is 0 Å². The van der Waals surface area contributed by atoms with Gasteiger partial charge in [0.1, 0.15) is 5.82 Å². The lowest BCUT2D eigenvalue weighted by molar-refractivity contribution is 0.0477. The van der Waals surface area contributed by atoms with Crippen LogP contribution in [0.4, 0.5) is 4.39 Å². The van der Waals surface area contributed by atoms with E-state index in [1.807, 2.05) is 0 Å². The van der Waals surface area contributed by atoms with Gasteiger partial charge in [0.2, 0.25) is 0 Å². The summed E-state index contributed by atoms with van der Waals surface area (Å²) in [6, 6.07) is 3.66. The normalized spacial score (nSPS) is 10.1. The maximum absolute atomic E-state index is 13.1. The van der Waals surface area contributed by atoms with Gasteiger partial charge in [-0.15, -0.1) is 0 Å². The fourth-order valence-electron chi connectivity index (χ4n) is 0.961. The van der Waals surface area contributed by atoms with Gasteiger partial charge in [-0.05, 0) is 18.2 Å². The number of ether oxygens (including phenoxy) is 1. The maximum atomic E-state index is 13.1. The van der Waals surface area contributed by atoms with E-state index < -0.39 is 11.8 Å². The molecule has 0 heterocycles.